The molecule has 0 unspecified atom stereocenters. The lowest BCUT2D eigenvalue weighted by atomic mass is 9.85. The molecule has 3 aromatic carbocycles. The van der Waals surface area contributed by atoms with E-state index in [1.54, 1.807) is 24.3 Å². The molecule has 4 aromatic rings. The lowest BCUT2D eigenvalue weighted by Crippen LogP contribution is -2.29. The Morgan fingerprint density at radius 3 is 2.34 bits per heavy atom. The van der Waals surface area contributed by atoms with Crippen LogP contribution >= 0.6 is 11.3 Å². The van der Waals surface area contributed by atoms with Crippen LogP contribution in [0.5, 0.6) is 5.75 Å². The number of carbonyl (C=O) groups is 2. The summed E-state index contributed by atoms with van der Waals surface area (Å²) in [5.74, 6) is -1.02. The number of nitrogens with zero attached hydrogens (tertiary/aromatic N) is 2. The molecule has 2 heterocycles. The standard InChI is InChI=1S/C31H30N2O4S/c1-6-37-22-14-10-20(11-15-22)27(34)25-26(19-8-12-21(13-9-19)31(3,4)5)33(29(36)28(25)35)30-32-23-16-7-18(2)17-24(23)38-30/h7-17,26,34H,6H2,1-5H3/b27-25+/t26-/m0/s1. The zero-order valence-electron chi connectivity index (χ0n) is 22.1. The van der Waals surface area contributed by atoms with Gasteiger partial charge in [0.1, 0.15) is 11.5 Å². The van der Waals surface area contributed by atoms with Crippen LogP contribution in [0.2, 0.25) is 0 Å². The number of aliphatic hydroxyl groups excluding tert-OH is 1. The van der Waals surface area contributed by atoms with Crippen LogP contribution in [0.4, 0.5) is 5.13 Å². The Labute approximate surface area is 226 Å². The summed E-state index contributed by atoms with van der Waals surface area (Å²) in [6, 6.07) is 19.8. The summed E-state index contributed by atoms with van der Waals surface area (Å²) in [6.45, 7) is 10.8. The van der Waals surface area contributed by atoms with Crippen LogP contribution in [-0.4, -0.2) is 28.4 Å². The number of Topliss-reactive ketones (excluding diaryl/α,β-unsaturated/α-hetero) is 1. The van der Waals surface area contributed by atoms with Crippen molar-refractivity contribution in [1.82, 2.24) is 4.98 Å². The first-order valence-electron chi connectivity index (χ1n) is 12.6. The number of carbonyl (C=O) groups excluding carboxylic acids is 2. The van der Waals surface area contributed by atoms with Gasteiger partial charge in [0.15, 0.2) is 5.13 Å². The average molecular weight is 527 g/mol. The number of aryl methyl sites for hydroxylation is 1. The van der Waals surface area contributed by atoms with Gasteiger partial charge in [-0.3, -0.25) is 14.5 Å². The lowest BCUT2D eigenvalue weighted by Gasteiger charge is -2.24. The molecule has 1 atom stereocenters. The van der Waals surface area contributed by atoms with Gasteiger partial charge < -0.3 is 9.84 Å². The van der Waals surface area contributed by atoms with Crippen LogP contribution in [-0.2, 0) is 15.0 Å². The van der Waals surface area contributed by atoms with Gasteiger partial charge in [-0.1, -0.05) is 62.4 Å². The number of hydrogen-bond donors (Lipinski definition) is 1. The van der Waals surface area contributed by atoms with E-state index in [9.17, 15) is 14.7 Å². The minimum absolute atomic E-state index is 0.0399. The van der Waals surface area contributed by atoms with E-state index in [1.165, 1.54) is 16.2 Å². The van der Waals surface area contributed by atoms with E-state index in [0.29, 0.717) is 23.1 Å². The van der Waals surface area contributed by atoms with E-state index in [2.05, 4.69) is 20.8 Å². The van der Waals surface area contributed by atoms with Gasteiger partial charge in [0.25, 0.3) is 5.78 Å². The lowest BCUT2D eigenvalue weighted by molar-refractivity contribution is -0.132. The maximum absolute atomic E-state index is 13.5. The molecule has 1 amide bonds. The Kier molecular flexibility index (Phi) is 6.57. The van der Waals surface area contributed by atoms with E-state index in [-0.39, 0.29) is 16.7 Å². The summed E-state index contributed by atoms with van der Waals surface area (Å²) < 4.78 is 6.44. The number of hydrogen-bond acceptors (Lipinski definition) is 6. The number of fused-ring (bicyclic) bond motifs is 1. The van der Waals surface area contributed by atoms with Crippen molar-refractivity contribution in [2.45, 2.75) is 46.1 Å². The second-order valence-corrected chi connectivity index (χ2v) is 11.5. The Balaban J connectivity index is 1.68. The highest BCUT2D eigenvalue weighted by Gasteiger charge is 2.48. The second kappa shape index (κ2) is 9.72. The Morgan fingerprint density at radius 1 is 1.03 bits per heavy atom. The van der Waals surface area contributed by atoms with E-state index < -0.39 is 17.7 Å². The second-order valence-electron chi connectivity index (χ2n) is 10.5. The van der Waals surface area contributed by atoms with Crippen molar-refractivity contribution < 1.29 is 19.4 Å². The average Bonchev–Trinajstić information content (AvgIpc) is 3.41. The van der Waals surface area contributed by atoms with Crippen molar-refractivity contribution in [3.8, 4) is 5.75 Å². The van der Waals surface area contributed by atoms with Crippen LogP contribution in [0.15, 0.2) is 72.3 Å². The highest BCUT2D eigenvalue weighted by atomic mass is 32.1. The molecule has 194 valence electrons. The van der Waals surface area contributed by atoms with Crippen LogP contribution < -0.4 is 9.64 Å². The number of aliphatic hydroxyl groups is 1. The number of benzene rings is 3. The molecule has 1 aliphatic heterocycles. The molecule has 0 saturated carbocycles. The highest BCUT2D eigenvalue weighted by Crippen LogP contribution is 2.44. The van der Waals surface area contributed by atoms with Crippen LogP contribution in [0.25, 0.3) is 16.0 Å². The van der Waals surface area contributed by atoms with Crippen molar-refractivity contribution in [1.29, 1.82) is 0 Å². The third-order valence-corrected chi connectivity index (χ3v) is 7.73. The molecule has 0 spiro atoms. The van der Waals surface area contributed by atoms with Gasteiger partial charge in [-0.15, -0.1) is 0 Å². The number of rotatable bonds is 5. The van der Waals surface area contributed by atoms with Crippen molar-refractivity contribution >= 4 is 44.1 Å². The fraction of sp³-hybridized carbons (Fsp3) is 0.258. The fourth-order valence-corrected chi connectivity index (χ4v) is 5.75. The molecule has 1 fully saturated rings. The molecule has 7 heteroatoms. The summed E-state index contributed by atoms with van der Waals surface area (Å²) in [7, 11) is 0. The number of ketones is 1. The zero-order chi connectivity index (χ0) is 27.2. The van der Waals surface area contributed by atoms with E-state index in [4.69, 9.17) is 9.72 Å². The summed E-state index contributed by atoms with van der Waals surface area (Å²) in [4.78, 5) is 33.1. The third-order valence-electron chi connectivity index (χ3n) is 6.71. The highest BCUT2D eigenvalue weighted by molar-refractivity contribution is 7.22. The van der Waals surface area contributed by atoms with Crippen molar-refractivity contribution in [3.05, 3.63) is 94.6 Å². The van der Waals surface area contributed by atoms with Gasteiger partial charge in [0.05, 0.1) is 28.4 Å². The maximum atomic E-state index is 13.5. The number of ether oxygens (including phenoxy) is 1. The fourth-order valence-electron chi connectivity index (χ4n) is 4.66. The molecular weight excluding hydrogens is 496 g/mol. The predicted molar refractivity (Wildman–Crippen MR) is 152 cm³/mol. The predicted octanol–water partition coefficient (Wildman–Crippen LogP) is 6.93. The first-order valence-corrected chi connectivity index (χ1v) is 13.4. The smallest absolute Gasteiger partial charge is 0.301 e. The molecular formula is C31H30N2O4S. The first-order chi connectivity index (χ1) is 18.1. The van der Waals surface area contributed by atoms with Crippen molar-refractivity contribution in [3.63, 3.8) is 0 Å². The van der Waals surface area contributed by atoms with E-state index in [1.807, 2.05) is 56.3 Å². The van der Waals surface area contributed by atoms with Gasteiger partial charge in [0, 0.05) is 5.56 Å². The summed E-state index contributed by atoms with van der Waals surface area (Å²) in [5, 5.41) is 11.8. The van der Waals surface area contributed by atoms with E-state index >= 15 is 0 Å². The Morgan fingerprint density at radius 2 is 1.71 bits per heavy atom. The van der Waals surface area contributed by atoms with Crippen molar-refractivity contribution in [2.24, 2.45) is 0 Å². The minimum atomic E-state index is -0.822. The van der Waals surface area contributed by atoms with Gasteiger partial charge in [-0.05, 0) is 72.4 Å². The zero-order valence-corrected chi connectivity index (χ0v) is 22.9. The molecule has 1 saturated heterocycles. The van der Waals surface area contributed by atoms with Gasteiger partial charge in [0.2, 0.25) is 0 Å². The maximum Gasteiger partial charge on any atom is 0.301 e. The molecule has 0 aliphatic carbocycles. The molecule has 5 rings (SSSR count). The SMILES string of the molecule is CCOc1ccc(/C(O)=C2\C(=O)C(=O)N(c3nc4ccc(C)cc4s3)[C@H]2c2ccc(C(C)(C)C)cc2)cc1. The van der Waals surface area contributed by atoms with Crippen LogP contribution in [0, 0.1) is 6.92 Å². The molecule has 6 nitrogen and oxygen atoms in total. The molecule has 1 aromatic heterocycles. The normalized spacial score (nSPS) is 17.4. The summed E-state index contributed by atoms with van der Waals surface area (Å²) in [6.07, 6.45) is 0. The monoisotopic (exact) mass is 526 g/mol. The number of thiazole rings is 1. The van der Waals surface area contributed by atoms with Gasteiger partial charge in [-0.2, -0.15) is 0 Å². The third kappa shape index (κ3) is 4.58. The first kappa shape index (κ1) is 25.7. The molecule has 1 aliphatic rings. The largest absolute Gasteiger partial charge is 0.507 e. The molecule has 0 bridgehead atoms. The van der Waals surface area contributed by atoms with Crippen molar-refractivity contribution in [2.75, 3.05) is 11.5 Å². The Hall–Kier alpha value is -3.97. The number of aromatic nitrogens is 1. The Bertz CT molecular complexity index is 1560. The molecule has 0 radical (unpaired) electrons. The quantitative estimate of drug-likeness (QED) is 0.173. The number of amides is 1. The van der Waals surface area contributed by atoms with E-state index in [0.717, 1.165) is 26.9 Å². The molecule has 38 heavy (non-hydrogen) atoms. The topological polar surface area (TPSA) is 79.7 Å². The minimum Gasteiger partial charge on any atom is -0.507 e. The summed E-state index contributed by atoms with van der Waals surface area (Å²) in [5.41, 5.74) is 4.10. The molecule has 1 N–H and O–H groups in total. The van der Waals surface area contributed by atoms with Gasteiger partial charge >= 0.3 is 5.91 Å². The summed E-state index contributed by atoms with van der Waals surface area (Å²) >= 11 is 1.36. The van der Waals surface area contributed by atoms with Crippen LogP contribution in [0.3, 0.4) is 0 Å². The van der Waals surface area contributed by atoms with Gasteiger partial charge in [-0.25, -0.2) is 4.98 Å². The van der Waals surface area contributed by atoms with Crippen LogP contribution in [0.1, 0.15) is 56.0 Å². The number of anilines is 1.